The summed E-state index contributed by atoms with van der Waals surface area (Å²) in [6.07, 6.45) is 4.74. The van der Waals surface area contributed by atoms with Crippen molar-refractivity contribution in [2.24, 2.45) is 7.05 Å². The van der Waals surface area contributed by atoms with E-state index in [0.717, 1.165) is 57.2 Å². The maximum Gasteiger partial charge on any atom is 0.277 e. The van der Waals surface area contributed by atoms with Gasteiger partial charge in [0.1, 0.15) is 5.82 Å². The van der Waals surface area contributed by atoms with E-state index in [-0.39, 0.29) is 5.91 Å². The molecule has 136 valence electrons. The number of nitrogens with one attached hydrogen (secondary N) is 1. The fourth-order valence-electron chi connectivity index (χ4n) is 3.61. The number of aromatic nitrogens is 5. The lowest BCUT2D eigenvalue weighted by atomic mass is 10.2. The van der Waals surface area contributed by atoms with Crippen LogP contribution in [0.1, 0.15) is 33.7 Å². The zero-order valence-electron chi connectivity index (χ0n) is 15.1. The van der Waals surface area contributed by atoms with Gasteiger partial charge < -0.3 is 5.32 Å². The summed E-state index contributed by atoms with van der Waals surface area (Å²) in [6, 6.07) is 8.01. The van der Waals surface area contributed by atoms with E-state index in [2.05, 4.69) is 10.4 Å². The molecule has 1 aliphatic carbocycles. The Morgan fingerprint density at radius 1 is 1.22 bits per heavy atom. The van der Waals surface area contributed by atoms with Crippen LogP contribution >= 0.6 is 11.3 Å². The van der Waals surface area contributed by atoms with Gasteiger partial charge in [-0.3, -0.25) is 9.48 Å². The number of benzene rings is 1. The molecular weight excluding hydrogens is 360 g/mol. The van der Waals surface area contributed by atoms with Gasteiger partial charge in [0.2, 0.25) is 5.13 Å². The molecule has 0 atom stereocenters. The molecule has 4 aromatic rings. The number of hydrogen-bond acceptors (Lipinski definition) is 5. The molecule has 0 aliphatic heterocycles. The van der Waals surface area contributed by atoms with Crippen LogP contribution in [0.2, 0.25) is 0 Å². The van der Waals surface area contributed by atoms with E-state index in [1.807, 2.05) is 44.4 Å². The maximum atomic E-state index is 12.9. The molecule has 5 rings (SSSR count). The van der Waals surface area contributed by atoms with E-state index in [0.29, 0.717) is 5.69 Å². The normalized spacial score (nSPS) is 13.3. The number of fused-ring (bicyclic) bond motifs is 2. The molecule has 0 unspecified atom stereocenters. The molecule has 7 nitrogen and oxygen atoms in total. The van der Waals surface area contributed by atoms with Gasteiger partial charge in [-0.1, -0.05) is 23.5 Å². The highest BCUT2D eigenvalue weighted by Crippen LogP contribution is 2.33. The number of para-hydroxylation sites is 1. The van der Waals surface area contributed by atoms with E-state index >= 15 is 0 Å². The van der Waals surface area contributed by atoms with Crippen LogP contribution in [-0.2, 0) is 19.9 Å². The van der Waals surface area contributed by atoms with Crippen LogP contribution in [0.3, 0.4) is 0 Å². The molecule has 3 heterocycles. The van der Waals surface area contributed by atoms with Gasteiger partial charge in [0.25, 0.3) is 5.91 Å². The minimum atomic E-state index is -0.218. The van der Waals surface area contributed by atoms with E-state index in [1.54, 1.807) is 20.7 Å². The molecule has 1 aromatic carbocycles. The summed E-state index contributed by atoms with van der Waals surface area (Å²) >= 11 is 1.57. The van der Waals surface area contributed by atoms with Crippen molar-refractivity contribution in [3.8, 4) is 5.13 Å². The first-order valence-electron chi connectivity index (χ1n) is 8.88. The third-order valence-corrected chi connectivity index (χ3v) is 5.84. The molecular formula is C19H18N6OS. The first kappa shape index (κ1) is 16.2. The van der Waals surface area contributed by atoms with Crippen molar-refractivity contribution < 1.29 is 4.79 Å². The van der Waals surface area contributed by atoms with Crippen LogP contribution in [0.5, 0.6) is 0 Å². The van der Waals surface area contributed by atoms with E-state index < -0.39 is 0 Å². The second-order valence-corrected chi connectivity index (χ2v) is 7.80. The summed E-state index contributed by atoms with van der Waals surface area (Å²) in [5.74, 6) is 0.502. The van der Waals surface area contributed by atoms with Crippen molar-refractivity contribution in [1.82, 2.24) is 24.5 Å². The standard InChI is InChI=1S/C19H18N6OS/c1-11-10-24(2)23-16(11)18(26)21-17-12-6-5-8-13(12)22-25(17)19-20-14-7-3-4-9-15(14)27-19/h3-4,7,9-10H,5-6,8H2,1-2H3,(H,21,26). The molecule has 1 N–H and O–H groups in total. The lowest BCUT2D eigenvalue weighted by Gasteiger charge is -2.08. The van der Waals surface area contributed by atoms with Gasteiger partial charge in [-0.25, -0.2) is 4.98 Å². The second kappa shape index (κ2) is 6.02. The Balaban J connectivity index is 1.59. The zero-order valence-corrected chi connectivity index (χ0v) is 15.9. The Morgan fingerprint density at radius 2 is 2.07 bits per heavy atom. The van der Waals surface area contributed by atoms with Crippen LogP contribution in [0.15, 0.2) is 30.5 Å². The lowest BCUT2D eigenvalue weighted by Crippen LogP contribution is -2.18. The minimum Gasteiger partial charge on any atom is -0.305 e. The van der Waals surface area contributed by atoms with Crippen molar-refractivity contribution >= 4 is 33.3 Å². The molecule has 0 saturated carbocycles. The molecule has 1 amide bonds. The van der Waals surface area contributed by atoms with Gasteiger partial charge in [0, 0.05) is 24.4 Å². The zero-order chi connectivity index (χ0) is 18.5. The van der Waals surface area contributed by atoms with E-state index in [9.17, 15) is 4.79 Å². The number of nitrogens with zero attached hydrogens (tertiary/aromatic N) is 5. The highest BCUT2D eigenvalue weighted by atomic mass is 32.1. The summed E-state index contributed by atoms with van der Waals surface area (Å²) in [5.41, 5.74) is 4.36. The summed E-state index contributed by atoms with van der Waals surface area (Å²) in [5, 5.41) is 12.9. The third-order valence-electron chi connectivity index (χ3n) is 4.83. The van der Waals surface area contributed by atoms with Crippen LogP contribution in [-0.4, -0.2) is 30.5 Å². The average Bonchev–Trinajstić information content (AvgIpc) is 3.38. The summed E-state index contributed by atoms with van der Waals surface area (Å²) in [7, 11) is 1.81. The quantitative estimate of drug-likeness (QED) is 0.594. The first-order chi connectivity index (χ1) is 13.1. The number of carbonyl (C=O) groups is 1. The number of rotatable bonds is 3. The fourth-order valence-corrected chi connectivity index (χ4v) is 4.53. The number of hydrogen-bond donors (Lipinski definition) is 1. The number of thiazole rings is 1. The summed E-state index contributed by atoms with van der Waals surface area (Å²) in [6.45, 7) is 1.89. The predicted octanol–water partition coefficient (Wildman–Crippen LogP) is 3.26. The Bertz CT molecular complexity index is 1150. The SMILES string of the molecule is Cc1cn(C)nc1C(=O)Nc1c2c(nn1-c1nc3ccccc3s1)CCC2. The molecule has 0 spiro atoms. The van der Waals surface area contributed by atoms with Crippen molar-refractivity contribution in [2.75, 3.05) is 5.32 Å². The number of anilines is 1. The van der Waals surface area contributed by atoms with Crippen molar-refractivity contribution in [3.05, 3.63) is 53.0 Å². The summed E-state index contributed by atoms with van der Waals surface area (Å²) < 4.78 is 4.53. The highest BCUT2D eigenvalue weighted by molar-refractivity contribution is 7.20. The molecule has 8 heteroatoms. The van der Waals surface area contributed by atoms with Crippen LogP contribution in [0, 0.1) is 6.92 Å². The highest BCUT2D eigenvalue weighted by Gasteiger charge is 2.26. The minimum absolute atomic E-state index is 0.218. The number of carbonyl (C=O) groups excluding carboxylic acids is 1. The van der Waals surface area contributed by atoms with Crippen LogP contribution < -0.4 is 5.32 Å². The van der Waals surface area contributed by atoms with Crippen molar-refractivity contribution in [3.63, 3.8) is 0 Å². The topological polar surface area (TPSA) is 77.6 Å². The molecule has 0 bridgehead atoms. The Labute approximate surface area is 159 Å². The van der Waals surface area contributed by atoms with Gasteiger partial charge in [0.15, 0.2) is 5.69 Å². The second-order valence-electron chi connectivity index (χ2n) is 6.79. The third kappa shape index (κ3) is 2.64. The molecule has 27 heavy (non-hydrogen) atoms. The fraction of sp³-hybridized carbons (Fsp3) is 0.263. The first-order valence-corrected chi connectivity index (χ1v) is 9.70. The Kier molecular flexibility index (Phi) is 3.61. The van der Waals surface area contributed by atoms with E-state index in [1.165, 1.54) is 0 Å². The van der Waals surface area contributed by atoms with Crippen molar-refractivity contribution in [2.45, 2.75) is 26.2 Å². The predicted molar refractivity (Wildman–Crippen MR) is 105 cm³/mol. The van der Waals surface area contributed by atoms with Crippen LogP contribution in [0.25, 0.3) is 15.3 Å². The smallest absolute Gasteiger partial charge is 0.277 e. The molecule has 0 saturated heterocycles. The van der Waals surface area contributed by atoms with E-state index in [4.69, 9.17) is 10.1 Å². The van der Waals surface area contributed by atoms with Gasteiger partial charge in [-0.2, -0.15) is 14.9 Å². The molecule has 0 fully saturated rings. The number of amides is 1. The van der Waals surface area contributed by atoms with Gasteiger partial charge in [0.05, 0.1) is 15.9 Å². The lowest BCUT2D eigenvalue weighted by molar-refractivity contribution is 0.102. The van der Waals surface area contributed by atoms with Gasteiger partial charge >= 0.3 is 0 Å². The monoisotopic (exact) mass is 378 g/mol. The number of aryl methyl sites for hydroxylation is 3. The van der Waals surface area contributed by atoms with Gasteiger partial charge in [-0.05, 0) is 38.3 Å². The average molecular weight is 378 g/mol. The summed E-state index contributed by atoms with van der Waals surface area (Å²) in [4.78, 5) is 17.6. The molecule has 1 aliphatic rings. The Hall–Kier alpha value is -3.00. The molecule has 3 aromatic heterocycles. The largest absolute Gasteiger partial charge is 0.305 e. The maximum absolute atomic E-state index is 12.9. The Morgan fingerprint density at radius 3 is 2.85 bits per heavy atom. The van der Waals surface area contributed by atoms with Gasteiger partial charge in [-0.15, -0.1) is 0 Å². The van der Waals surface area contributed by atoms with Crippen LogP contribution in [0.4, 0.5) is 5.82 Å². The van der Waals surface area contributed by atoms with Crippen molar-refractivity contribution in [1.29, 1.82) is 0 Å². The molecule has 0 radical (unpaired) electrons.